The van der Waals surface area contributed by atoms with Crippen molar-refractivity contribution >= 4 is 28.9 Å². The molecule has 1 amide bonds. The Morgan fingerprint density at radius 3 is 2.48 bits per heavy atom. The van der Waals surface area contributed by atoms with Crippen LogP contribution in [0.3, 0.4) is 0 Å². The Morgan fingerprint density at radius 2 is 1.91 bits per heavy atom. The van der Waals surface area contributed by atoms with Crippen molar-refractivity contribution in [1.82, 2.24) is 0 Å². The standard InChI is InChI=1S/C18H21NO3S/c1-4-12(2)14-5-7-15(8-6-14)19-16(20)11-22-18(21)17-13(3)9-10-23-17/h5-10,12H,4,11H2,1-3H3,(H,19,20). The van der Waals surface area contributed by atoms with E-state index in [0.29, 0.717) is 16.5 Å². The highest BCUT2D eigenvalue weighted by atomic mass is 32.1. The lowest BCUT2D eigenvalue weighted by Crippen LogP contribution is -2.20. The molecule has 0 saturated carbocycles. The summed E-state index contributed by atoms with van der Waals surface area (Å²) in [5, 5.41) is 4.55. The van der Waals surface area contributed by atoms with Crippen molar-refractivity contribution in [2.45, 2.75) is 33.1 Å². The van der Waals surface area contributed by atoms with E-state index in [4.69, 9.17) is 4.74 Å². The third-order valence-corrected chi connectivity index (χ3v) is 4.75. The summed E-state index contributed by atoms with van der Waals surface area (Å²) in [4.78, 5) is 24.2. The topological polar surface area (TPSA) is 55.4 Å². The zero-order valence-corrected chi connectivity index (χ0v) is 14.4. The Bertz CT molecular complexity index is 676. The Morgan fingerprint density at radius 1 is 1.22 bits per heavy atom. The quantitative estimate of drug-likeness (QED) is 0.800. The number of hydrogen-bond acceptors (Lipinski definition) is 4. The molecule has 122 valence electrons. The van der Waals surface area contributed by atoms with Crippen LogP contribution in [-0.2, 0) is 9.53 Å². The first-order valence-corrected chi connectivity index (χ1v) is 8.50. The minimum absolute atomic E-state index is 0.288. The van der Waals surface area contributed by atoms with Gasteiger partial charge >= 0.3 is 5.97 Å². The van der Waals surface area contributed by atoms with Crippen LogP contribution >= 0.6 is 11.3 Å². The number of esters is 1. The second kappa shape index (κ2) is 7.92. The predicted octanol–water partition coefficient (Wildman–Crippen LogP) is 4.37. The molecule has 5 heteroatoms. The number of carbonyl (C=O) groups is 2. The zero-order chi connectivity index (χ0) is 16.8. The van der Waals surface area contributed by atoms with Crippen LogP contribution < -0.4 is 5.32 Å². The molecule has 1 atom stereocenters. The van der Waals surface area contributed by atoms with E-state index < -0.39 is 5.97 Å². The average molecular weight is 331 g/mol. The molecular weight excluding hydrogens is 310 g/mol. The van der Waals surface area contributed by atoms with Gasteiger partial charge in [0.15, 0.2) is 6.61 Å². The fourth-order valence-corrected chi connectivity index (χ4v) is 2.92. The fourth-order valence-electron chi connectivity index (χ4n) is 2.11. The minimum atomic E-state index is -0.459. The third-order valence-electron chi connectivity index (χ3n) is 3.76. The van der Waals surface area contributed by atoms with Crippen LogP contribution in [0.4, 0.5) is 5.69 Å². The Kier molecular flexibility index (Phi) is 5.93. The zero-order valence-electron chi connectivity index (χ0n) is 13.6. The fraction of sp³-hybridized carbons (Fsp3) is 0.333. The highest BCUT2D eigenvalue weighted by Crippen LogP contribution is 2.20. The molecule has 4 nitrogen and oxygen atoms in total. The van der Waals surface area contributed by atoms with E-state index in [2.05, 4.69) is 19.2 Å². The summed E-state index contributed by atoms with van der Waals surface area (Å²) in [6.07, 6.45) is 1.07. The average Bonchev–Trinajstić information content (AvgIpc) is 2.98. The maximum atomic E-state index is 11.9. The Hall–Kier alpha value is -2.14. The number of aryl methyl sites for hydroxylation is 1. The molecule has 1 N–H and O–H groups in total. The van der Waals surface area contributed by atoms with Gasteiger partial charge in [-0.15, -0.1) is 11.3 Å². The Labute approximate surface area is 140 Å². The van der Waals surface area contributed by atoms with Gasteiger partial charge in [-0.3, -0.25) is 4.79 Å². The van der Waals surface area contributed by atoms with E-state index in [1.165, 1.54) is 16.9 Å². The lowest BCUT2D eigenvalue weighted by atomic mass is 9.99. The van der Waals surface area contributed by atoms with Crippen molar-refractivity contribution in [2.75, 3.05) is 11.9 Å². The SMILES string of the molecule is CCC(C)c1ccc(NC(=O)COC(=O)c2sccc2C)cc1. The summed E-state index contributed by atoms with van der Waals surface area (Å²) < 4.78 is 5.04. The third kappa shape index (κ3) is 4.66. The highest BCUT2D eigenvalue weighted by Gasteiger charge is 2.14. The lowest BCUT2D eigenvalue weighted by Gasteiger charge is -2.10. The molecular formula is C18H21NO3S. The minimum Gasteiger partial charge on any atom is -0.451 e. The van der Waals surface area contributed by atoms with Crippen molar-refractivity contribution < 1.29 is 14.3 Å². The summed E-state index contributed by atoms with van der Waals surface area (Å²) >= 11 is 1.31. The van der Waals surface area contributed by atoms with Gasteiger partial charge in [0, 0.05) is 5.69 Å². The number of amides is 1. The smallest absolute Gasteiger partial charge is 0.349 e. The van der Waals surface area contributed by atoms with Crippen molar-refractivity contribution in [2.24, 2.45) is 0 Å². The molecule has 2 aromatic rings. The predicted molar refractivity (Wildman–Crippen MR) is 93.1 cm³/mol. The van der Waals surface area contributed by atoms with Crippen molar-refractivity contribution in [3.05, 3.63) is 51.7 Å². The molecule has 0 aliphatic carbocycles. The van der Waals surface area contributed by atoms with Gasteiger partial charge in [0.25, 0.3) is 5.91 Å². The van der Waals surface area contributed by atoms with Gasteiger partial charge in [0.2, 0.25) is 0 Å². The largest absolute Gasteiger partial charge is 0.451 e. The second-order valence-corrected chi connectivity index (χ2v) is 6.40. The van der Waals surface area contributed by atoms with E-state index in [1.807, 2.05) is 42.6 Å². The molecule has 2 rings (SSSR count). The van der Waals surface area contributed by atoms with E-state index in [-0.39, 0.29) is 12.5 Å². The van der Waals surface area contributed by atoms with Crippen LogP contribution in [0.1, 0.15) is 47.0 Å². The van der Waals surface area contributed by atoms with Crippen LogP contribution in [0.15, 0.2) is 35.7 Å². The molecule has 1 unspecified atom stereocenters. The van der Waals surface area contributed by atoms with Crippen LogP contribution in [0.5, 0.6) is 0 Å². The number of anilines is 1. The summed E-state index contributed by atoms with van der Waals surface area (Å²) in [5.74, 6) is -0.307. The van der Waals surface area contributed by atoms with Crippen molar-refractivity contribution in [1.29, 1.82) is 0 Å². The van der Waals surface area contributed by atoms with Gasteiger partial charge in [0.1, 0.15) is 4.88 Å². The van der Waals surface area contributed by atoms with Gasteiger partial charge in [-0.05, 0) is 54.0 Å². The van der Waals surface area contributed by atoms with Gasteiger partial charge in [-0.2, -0.15) is 0 Å². The maximum Gasteiger partial charge on any atom is 0.349 e. The van der Waals surface area contributed by atoms with Gasteiger partial charge in [-0.1, -0.05) is 26.0 Å². The molecule has 0 radical (unpaired) electrons. The summed E-state index contributed by atoms with van der Waals surface area (Å²) in [6.45, 7) is 5.86. The molecule has 0 aliphatic heterocycles. The first kappa shape index (κ1) is 17.2. The van der Waals surface area contributed by atoms with Crippen LogP contribution in [0, 0.1) is 6.92 Å². The molecule has 23 heavy (non-hydrogen) atoms. The first-order valence-electron chi connectivity index (χ1n) is 7.62. The number of thiophene rings is 1. The van der Waals surface area contributed by atoms with Gasteiger partial charge < -0.3 is 10.1 Å². The summed E-state index contributed by atoms with van der Waals surface area (Å²) in [7, 11) is 0. The summed E-state index contributed by atoms with van der Waals surface area (Å²) in [5.41, 5.74) is 2.80. The molecule has 0 aliphatic rings. The van der Waals surface area contributed by atoms with Gasteiger partial charge in [-0.25, -0.2) is 4.79 Å². The van der Waals surface area contributed by atoms with Crippen LogP contribution in [0.25, 0.3) is 0 Å². The highest BCUT2D eigenvalue weighted by molar-refractivity contribution is 7.12. The molecule has 0 fully saturated rings. The number of carbonyl (C=O) groups excluding carboxylic acids is 2. The number of hydrogen-bond donors (Lipinski definition) is 1. The van der Waals surface area contributed by atoms with E-state index in [9.17, 15) is 9.59 Å². The molecule has 0 bridgehead atoms. The van der Waals surface area contributed by atoms with Crippen molar-refractivity contribution in [3.63, 3.8) is 0 Å². The molecule has 0 spiro atoms. The van der Waals surface area contributed by atoms with E-state index >= 15 is 0 Å². The summed E-state index contributed by atoms with van der Waals surface area (Å²) in [6, 6.07) is 9.59. The Balaban J connectivity index is 1.85. The molecule has 1 heterocycles. The van der Waals surface area contributed by atoms with Crippen LogP contribution in [0.2, 0.25) is 0 Å². The first-order chi connectivity index (χ1) is 11.0. The maximum absolute atomic E-state index is 11.9. The molecule has 0 saturated heterocycles. The lowest BCUT2D eigenvalue weighted by molar-refractivity contribution is -0.119. The van der Waals surface area contributed by atoms with E-state index in [1.54, 1.807) is 0 Å². The van der Waals surface area contributed by atoms with E-state index in [0.717, 1.165) is 12.0 Å². The van der Waals surface area contributed by atoms with Crippen molar-refractivity contribution in [3.8, 4) is 0 Å². The normalized spacial score (nSPS) is 11.8. The monoisotopic (exact) mass is 331 g/mol. The number of benzene rings is 1. The number of rotatable bonds is 6. The number of nitrogens with one attached hydrogen (secondary N) is 1. The molecule has 1 aromatic heterocycles. The second-order valence-electron chi connectivity index (χ2n) is 5.49. The van der Waals surface area contributed by atoms with Crippen LogP contribution in [-0.4, -0.2) is 18.5 Å². The van der Waals surface area contributed by atoms with Gasteiger partial charge in [0.05, 0.1) is 0 Å². The molecule has 1 aromatic carbocycles. The number of ether oxygens (including phenoxy) is 1.